The number of nitrogens with zero attached hydrogens (tertiary/aromatic N) is 1. The number of ether oxygens (including phenoxy) is 1. The van der Waals surface area contributed by atoms with Crippen molar-refractivity contribution in [3.63, 3.8) is 0 Å². The van der Waals surface area contributed by atoms with Crippen LogP contribution >= 0.6 is 0 Å². The quantitative estimate of drug-likeness (QED) is 0.623. The maximum Gasteiger partial charge on any atom is 0.251 e. The lowest BCUT2D eigenvalue weighted by Crippen LogP contribution is -2.33. The van der Waals surface area contributed by atoms with Crippen molar-refractivity contribution in [2.45, 2.75) is 31.3 Å². The van der Waals surface area contributed by atoms with Gasteiger partial charge in [-0.2, -0.15) is 4.31 Å². The molecule has 0 aromatic heterocycles. The first-order valence-electron chi connectivity index (χ1n) is 9.66. The number of hydrogen-bond donors (Lipinski definition) is 1. The number of nitrogens with one attached hydrogen (secondary N) is 1. The van der Waals surface area contributed by atoms with Crippen LogP contribution in [0.15, 0.2) is 65.6 Å². The second kappa shape index (κ2) is 8.85. The third-order valence-corrected chi connectivity index (χ3v) is 7.21. The summed E-state index contributed by atoms with van der Waals surface area (Å²) in [5.41, 5.74) is 1.28. The Bertz CT molecular complexity index is 1160. The monoisotopic (exact) mass is 426 g/mol. The Morgan fingerprint density at radius 1 is 1.03 bits per heavy atom. The minimum Gasteiger partial charge on any atom is -0.496 e. The smallest absolute Gasteiger partial charge is 0.251 e. The van der Waals surface area contributed by atoms with E-state index in [1.54, 1.807) is 21.0 Å². The first-order chi connectivity index (χ1) is 14.3. The highest BCUT2D eigenvalue weighted by Gasteiger charge is 2.23. The van der Waals surface area contributed by atoms with Gasteiger partial charge in [-0.05, 0) is 55.0 Å². The van der Waals surface area contributed by atoms with Gasteiger partial charge in [0.2, 0.25) is 10.0 Å². The molecule has 0 radical (unpaired) electrons. The highest BCUT2D eigenvalue weighted by molar-refractivity contribution is 7.89. The van der Waals surface area contributed by atoms with Crippen LogP contribution in [0.3, 0.4) is 0 Å². The van der Waals surface area contributed by atoms with Crippen LogP contribution in [0.1, 0.15) is 29.8 Å². The molecule has 0 saturated heterocycles. The van der Waals surface area contributed by atoms with E-state index in [4.69, 9.17) is 4.74 Å². The van der Waals surface area contributed by atoms with Crippen molar-refractivity contribution in [1.29, 1.82) is 0 Å². The van der Waals surface area contributed by atoms with Crippen molar-refractivity contribution >= 4 is 26.7 Å². The van der Waals surface area contributed by atoms with E-state index in [1.807, 2.05) is 36.4 Å². The Kier molecular flexibility index (Phi) is 6.43. The number of carbonyl (C=O) groups excluding carboxylic acids is 1. The van der Waals surface area contributed by atoms with E-state index in [9.17, 15) is 13.2 Å². The molecule has 0 aliphatic heterocycles. The number of methoxy groups -OCH3 is 1. The normalized spacial score (nSPS) is 11.8. The van der Waals surface area contributed by atoms with E-state index in [0.29, 0.717) is 17.9 Å². The number of amides is 1. The number of hydrogen-bond acceptors (Lipinski definition) is 4. The molecule has 30 heavy (non-hydrogen) atoms. The van der Waals surface area contributed by atoms with Gasteiger partial charge in [0, 0.05) is 30.8 Å². The third-order valence-electron chi connectivity index (χ3n) is 5.16. The summed E-state index contributed by atoms with van der Waals surface area (Å²) in [7, 11) is -0.444. The molecule has 0 bridgehead atoms. The summed E-state index contributed by atoms with van der Waals surface area (Å²) >= 11 is 0. The van der Waals surface area contributed by atoms with E-state index < -0.39 is 10.0 Å². The zero-order chi connectivity index (χ0) is 21.9. The van der Waals surface area contributed by atoms with Crippen molar-refractivity contribution in [3.05, 3.63) is 71.8 Å². The van der Waals surface area contributed by atoms with Crippen molar-refractivity contribution in [3.8, 4) is 5.75 Å². The van der Waals surface area contributed by atoms with Gasteiger partial charge in [-0.25, -0.2) is 8.42 Å². The first-order valence-corrected chi connectivity index (χ1v) is 11.1. The average molecular weight is 427 g/mol. The number of fused-ring (bicyclic) bond motifs is 1. The molecule has 0 spiro atoms. The molecule has 6 nitrogen and oxygen atoms in total. The van der Waals surface area contributed by atoms with Crippen molar-refractivity contribution < 1.29 is 17.9 Å². The molecule has 158 valence electrons. The molecule has 3 aromatic rings. The van der Waals surface area contributed by atoms with E-state index in [-0.39, 0.29) is 16.8 Å². The molecule has 0 unspecified atom stereocenters. The summed E-state index contributed by atoms with van der Waals surface area (Å²) in [6.07, 6.45) is 0. The molecule has 3 rings (SSSR count). The fourth-order valence-electron chi connectivity index (χ4n) is 3.18. The third kappa shape index (κ3) is 4.32. The second-order valence-electron chi connectivity index (χ2n) is 7.29. The van der Waals surface area contributed by atoms with Gasteiger partial charge in [0.25, 0.3) is 5.91 Å². The van der Waals surface area contributed by atoms with Crippen LogP contribution in [0, 0.1) is 0 Å². The van der Waals surface area contributed by atoms with Gasteiger partial charge in [-0.15, -0.1) is 0 Å². The second-order valence-corrected chi connectivity index (χ2v) is 9.29. The van der Waals surface area contributed by atoms with Gasteiger partial charge in [-0.3, -0.25) is 4.79 Å². The molecule has 0 fully saturated rings. The predicted molar refractivity (Wildman–Crippen MR) is 118 cm³/mol. The summed E-state index contributed by atoms with van der Waals surface area (Å²) in [4.78, 5) is 12.8. The van der Waals surface area contributed by atoms with Gasteiger partial charge in [-0.1, -0.05) is 30.3 Å². The molecule has 0 aliphatic carbocycles. The summed E-state index contributed by atoms with van der Waals surface area (Å²) < 4.78 is 31.9. The molecule has 1 N–H and O–H groups in total. The van der Waals surface area contributed by atoms with Gasteiger partial charge in [0.1, 0.15) is 5.75 Å². The maximum absolute atomic E-state index is 12.6. The zero-order valence-corrected chi connectivity index (χ0v) is 18.4. The fourth-order valence-corrected chi connectivity index (χ4v) is 4.55. The topological polar surface area (TPSA) is 75.7 Å². The number of sulfonamides is 1. The lowest BCUT2D eigenvalue weighted by molar-refractivity contribution is 0.0950. The van der Waals surface area contributed by atoms with Gasteiger partial charge in [0.15, 0.2) is 0 Å². The van der Waals surface area contributed by atoms with Crippen molar-refractivity contribution in [2.75, 3.05) is 14.2 Å². The Labute approximate surface area is 177 Å². The Morgan fingerprint density at radius 2 is 1.70 bits per heavy atom. The molecule has 0 atom stereocenters. The number of carbonyl (C=O) groups is 1. The van der Waals surface area contributed by atoms with Crippen LogP contribution in [0.2, 0.25) is 0 Å². The standard InChI is InChI=1S/C23H26N2O4S/c1-16(2)25(3)30(27,28)19-12-9-18(10-13-19)23(26)24-15-21-20-8-6-5-7-17(20)11-14-22(21)29-4/h5-14,16H,15H2,1-4H3,(H,24,26). The molecular formula is C23H26N2O4S. The van der Waals surface area contributed by atoms with E-state index >= 15 is 0 Å². The number of benzene rings is 3. The minimum atomic E-state index is -3.58. The average Bonchev–Trinajstić information content (AvgIpc) is 2.76. The van der Waals surface area contributed by atoms with E-state index in [0.717, 1.165) is 16.3 Å². The fraction of sp³-hybridized carbons (Fsp3) is 0.261. The molecule has 3 aromatic carbocycles. The molecule has 0 heterocycles. The van der Waals surface area contributed by atoms with Crippen LogP contribution in [0.4, 0.5) is 0 Å². The van der Waals surface area contributed by atoms with Gasteiger partial charge in [0.05, 0.1) is 12.0 Å². The van der Waals surface area contributed by atoms with Crippen molar-refractivity contribution in [1.82, 2.24) is 9.62 Å². The molecule has 7 heteroatoms. The summed E-state index contributed by atoms with van der Waals surface area (Å²) in [6, 6.07) is 17.6. The lowest BCUT2D eigenvalue weighted by Gasteiger charge is -2.21. The van der Waals surface area contributed by atoms with Crippen LogP contribution in [-0.2, 0) is 16.6 Å². The van der Waals surface area contributed by atoms with Crippen molar-refractivity contribution in [2.24, 2.45) is 0 Å². The Morgan fingerprint density at radius 3 is 2.33 bits per heavy atom. The minimum absolute atomic E-state index is 0.158. The SMILES string of the molecule is COc1ccc2ccccc2c1CNC(=O)c1ccc(S(=O)(=O)N(C)C(C)C)cc1. The van der Waals surface area contributed by atoms with E-state index in [1.165, 1.54) is 35.6 Å². The summed E-state index contributed by atoms with van der Waals surface area (Å²) in [5.74, 6) is 0.415. The first kappa shape index (κ1) is 21.8. The molecule has 0 aliphatic rings. The molecule has 0 saturated carbocycles. The van der Waals surface area contributed by atoms with Gasteiger partial charge >= 0.3 is 0 Å². The summed E-state index contributed by atoms with van der Waals surface area (Å²) in [5, 5.41) is 4.97. The largest absolute Gasteiger partial charge is 0.496 e. The van der Waals surface area contributed by atoms with Crippen LogP contribution in [0.5, 0.6) is 5.75 Å². The highest BCUT2D eigenvalue weighted by atomic mass is 32.2. The van der Waals surface area contributed by atoms with Crippen LogP contribution < -0.4 is 10.1 Å². The van der Waals surface area contributed by atoms with E-state index in [2.05, 4.69) is 5.32 Å². The Hall–Kier alpha value is -2.90. The Balaban J connectivity index is 1.79. The predicted octanol–water partition coefficient (Wildman–Crippen LogP) is 3.81. The van der Waals surface area contributed by atoms with Crippen LogP contribution in [-0.4, -0.2) is 38.8 Å². The zero-order valence-electron chi connectivity index (χ0n) is 17.5. The van der Waals surface area contributed by atoms with Gasteiger partial charge < -0.3 is 10.1 Å². The lowest BCUT2D eigenvalue weighted by atomic mass is 10.0. The summed E-state index contributed by atoms with van der Waals surface area (Å²) in [6.45, 7) is 3.90. The van der Waals surface area contributed by atoms with Crippen LogP contribution in [0.25, 0.3) is 10.8 Å². The highest BCUT2D eigenvalue weighted by Crippen LogP contribution is 2.28. The molecular weight excluding hydrogens is 400 g/mol. The maximum atomic E-state index is 12.6. The molecule has 1 amide bonds. The number of rotatable bonds is 7.